The van der Waals surface area contributed by atoms with Crippen LogP contribution < -0.4 is 5.73 Å². The van der Waals surface area contributed by atoms with Gasteiger partial charge in [-0.3, -0.25) is 0 Å². The molecule has 0 saturated heterocycles. The van der Waals surface area contributed by atoms with Gasteiger partial charge in [-0.1, -0.05) is 27.7 Å². The van der Waals surface area contributed by atoms with E-state index in [1.54, 1.807) is 0 Å². The van der Waals surface area contributed by atoms with E-state index in [4.69, 9.17) is 10.7 Å². The number of nitrogens with two attached hydrogens (primary N) is 1. The van der Waals surface area contributed by atoms with Crippen LogP contribution in [0.15, 0.2) is 0 Å². The first-order chi connectivity index (χ1) is 7.59. The Morgan fingerprint density at radius 3 is 2.00 bits per heavy atom. The van der Waals surface area contributed by atoms with E-state index in [0.717, 1.165) is 30.2 Å². The van der Waals surface area contributed by atoms with Crippen LogP contribution in [0.4, 0.5) is 5.82 Å². The number of nitrogens with zero attached hydrogens (tertiary/aromatic N) is 2. The fourth-order valence-corrected chi connectivity index (χ4v) is 2.17. The lowest BCUT2D eigenvalue weighted by Gasteiger charge is -2.26. The molecular formula is C14H27N3. The van der Waals surface area contributed by atoms with E-state index in [1.807, 2.05) is 0 Å². The third-order valence-electron chi connectivity index (χ3n) is 2.84. The zero-order chi connectivity index (χ0) is 13.4. The van der Waals surface area contributed by atoms with Crippen LogP contribution in [0, 0.1) is 0 Å². The van der Waals surface area contributed by atoms with Gasteiger partial charge in [0, 0.05) is 17.4 Å². The van der Waals surface area contributed by atoms with E-state index in [-0.39, 0.29) is 11.0 Å². The highest BCUT2D eigenvalue weighted by atomic mass is 15.2. The van der Waals surface area contributed by atoms with E-state index in [9.17, 15) is 0 Å². The summed E-state index contributed by atoms with van der Waals surface area (Å²) < 4.78 is 2.19. The molecule has 0 fully saturated rings. The summed E-state index contributed by atoms with van der Waals surface area (Å²) in [5.74, 6) is 1.94. The summed E-state index contributed by atoms with van der Waals surface area (Å²) in [5, 5.41) is 0. The molecule has 0 aliphatic carbocycles. The molecule has 98 valence electrons. The Balaban J connectivity index is 3.41. The van der Waals surface area contributed by atoms with E-state index < -0.39 is 0 Å². The molecule has 0 bridgehead atoms. The van der Waals surface area contributed by atoms with E-state index in [1.165, 1.54) is 0 Å². The molecule has 1 heterocycles. The standard InChI is InChI=1S/C14H27N3/c1-8-9-10-16-11(13(2,3)4)12(15)17(10)14(5,6)7/h8-9,15H2,1-7H3. The summed E-state index contributed by atoms with van der Waals surface area (Å²) in [7, 11) is 0. The average molecular weight is 237 g/mol. The summed E-state index contributed by atoms with van der Waals surface area (Å²) in [6.07, 6.45) is 2.08. The molecule has 17 heavy (non-hydrogen) atoms. The number of hydrogen-bond acceptors (Lipinski definition) is 2. The largest absolute Gasteiger partial charge is 0.384 e. The van der Waals surface area contributed by atoms with Crippen molar-refractivity contribution in [2.45, 2.75) is 72.3 Å². The van der Waals surface area contributed by atoms with Crippen molar-refractivity contribution in [3.63, 3.8) is 0 Å². The highest BCUT2D eigenvalue weighted by molar-refractivity contribution is 5.43. The molecule has 0 unspecified atom stereocenters. The second-order valence-electron chi connectivity index (χ2n) is 6.77. The van der Waals surface area contributed by atoms with Gasteiger partial charge in [-0.2, -0.15) is 0 Å². The average Bonchev–Trinajstić information content (AvgIpc) is 2.41. The van der Waals surface area contributed by atoms with Crippen LogP contribution in [0.25, 0.3) is 0 Å². The van der Waals surface area contributed by atoms with Crippen LogP contribution in [0.3, 0.4) is 0 Å². The van der Waals surface area contributed by atoms with E-state index >= 15 is 0 Å². The third-order valence-corrected chi connectivity index (χ3v) is 2.84. The Morgan fingerprint density at radius 2 is 1.65 bits per heavy atom. The van der Waals surface area contributed by atoms with Crippen molar-refractivity contribution in [1.29, 1.82) is 0 Å². The van der Waals surface area contributed by atoms with Crippen LogP contribution in [0.2, 0.25) is 0 Å². The van der Waals surface area contributed by atoms with Crippen molar-refractivity contribution in [3.8, 4) is 0 Å². The van der Waals surface area contributed by atoms with Gasteiger partial charge in [0.05, 0.1) is 5.69 Å². The summed E-state index contributed by atoms with van der Waals surface area (Å²) in [6.45, 7) is 15.2. The van der Waals surface area contributed by atoms with Gasteiger partial charge in [-0.05, 0) is 27.2 Å². The predicted octanol–water partition coefficient (Wildman–Crippen LogP) is 3.47. The van der Waals surface area contributed by atoms with Crippen LogP contribution >= 0.6 is 0 Å². The van der Waals surface area contributed by atoms with Gasteiger partial charge >= 0.3 is 0 Å². The summed E-state index contributed by atoms with van der Waals surface area (Å²) in [6, 6.07) is 0. The molecule has 0 aromatic carbocycles. The Hall–Kier alpha value is -0.990. The first-order valence-corrected chi connectivity index (χ1v) is 6.47. The van der Waals surface area contributed by atoms with Gasteiger partial charge in [0.25, 0.3) is 0 Å². The predicted molar refractivity (Wildman–Crippen MR) is 74.3 cm³/mol. The van der Waals surface area contributed by atoms with Crippen LogP contribution in [0.5, 0.6) is 0 Å². The zero-order valence-electron chi connectivity index (χ0n) is 12.4. The lowest BCUT2D eigenvalue weighted by Crippen LogP contribution is -2.26. The van der Waals surface area contributed by atoms with Gasteiger partial charge in [0.15, 0.2) is 0 Å². The minimum atomic E-state index is -0.00884. The summed E-state index contributed by atoms with van der Waals surface area (Å²) >= 11 is 0. The number of aryl methyl sites for hydroxylation is 1. The second-order valence-corrected chi connectivity index (χ2v) is 6.77. The molecule has 1 aromatic heterocycles. The Bertz CT molecular complexity index is 389. The fourth-order valence-electron chi connectivity index (χ4n) is 2.17. The maximum Gasteiger partial charge on any atom is 0.127 e. The normalized spacial score (nSPS) is 13.1. The van der Waals surface area contributed by atoms with Crippen LogP contribution in [-0.4, -0.2) is 9.55 Å². The maximum atomic E-state index is 6.31. The molecular weight excluding hydrogens is 210 g/mol. The van der Waals surface area contributed by atoms with Crippen molar-refractivity contribution in [2.75, 3.05) is 5.73 Å². The second kappa shape index (κ2) is 4.35. The van der Waals surface area contributed by atoms with Gasteiger partial charge in [-0.25, -0.2) is 4.98 Å². The monoisotopic (exact) mass is 237 g/mol. The number of rotatable bonds is 2. The van der Waals surface area contributed by atoms with Crippen LogP contribution in [0.1, 0.15) is 66.4 Å². The third kappa shape index (κ3) is 2.82. The van der Waals surface area contributed by atoms with Crippen molar-refractivity contribution in [1.82, 2.24) is 9.55 Å². The number of aromatic nitrogens is 2. The lowest BCUT2D eigenvalue weighted by molar-refractivity contribution is 0.387. The molecule has 0 aliphatic rings. The van der Waals surface area contributed by atoms with Gasteiger partial charge < -0.3 is 10.3 Å². The Kier molecular flexibility index (Phi) is 3.60. The molecule has 0 saturated carbocycles. The molecule has 1 rings (SSSR count). The molecule has 3 heteroatoms. The molecule has 0 aliphatic heterocycles. The number of imidazole rings is 1. The van der Waals surface area contributed by atoms with Crippen molar-refractivity contribution in [3.05, 3.63) is 11.5 Å². The number of nitrogen functional groups attached to an aromatic ring is 1. The van der Waals surface area contributed by atoms with E-state index in [2.05, 4.69) is 53.0 Å². The quantitative estimate of drug-likeness (QED) is 0.856. The molecule has 0 atom stereocenters. The first kappa shape index (κ1) is 14.1. The Labute approximate surface area is 105 Å². The molecule has 2 N–H and O–H groups in total. The lowest BCUT2D eigenvalue weighted by atomic mass is 9.92. The minimum absolute atomic E-state index is 0.00305. The van der Waals surface area contributed by atoms with Crippen molar-refractivity contribution in [2.24, 2.45) is 0 Å². The maximum absolute atomic E-state index is 6.31. The number of hydrogen-bond donors (Lipinski definition) is 1. The van der Waals surface area contributed by atoms with Crippen LogP contribution in [-0.2, 0) is 17.4 Å². The molecule has 0 spiro atoms. The Morgan fingerprint density at radius 1 is 1.12 bits per heavy atom. The summed E-state index contributed by atoms with van der Waals surface area (Å²) in [5.41, 5.74) is 7.33. The van der Waals surface area contributed by atoms with Crippen molar-refractivity contribution >= 4 is 5.82 Å². The molecule has 1 aromatic rings. The zero-order valence-corrected chi connectivity index (χ0v) is 12.4. The first-order valence-electron chi connectivity index (χ1n) is 6.47. The number of anilines is 1. The van der Waals surface area contributed by atoms with Gasteiger partial charge in [-0.15, -0.1) is 0 Å². The van der Waals surface area contributed by atoms with Gasteiger partial charge in [0.1, 0.15) is 11.6 Å². The fraction of sp³-hybridized carbons (Fsp3) is 0.786. The minimum Gasteiger partial charge on any atom is -0.384 e. The van der Waals surface area contributed by atoms with Gasteiger partial charge in [0.2, 0.25) is 0 Å². The molecule has 0 radical (unpaired) electrons. The summed E-state index contributed by atoms with van der Waals surface area (Å²) in [4.78, 5) is 4.78. The highest BCUT2D eigenvalue weighted by Gasteiger charge is 2.28. The van der Waals surface area contributed by atoms with Crippen molar-refractivity contribution < 1.29 is 0 Å². The SMILES string of the molecule is CCCc1nc(C(C)(C)C)c(N)n1C(C)(C)C. The highest BCUT2D eigenvalue weighted by Crippen LogP contribution is 2.32. The van der Waals surface area contributed by atoms with E-state index in [0.29, 0.717) is 0 Å². The topological polar surface area (TPSA) is 43.8 Å². The molecule has 3 nitrogen and oxygen atoms in total. The molecule has 0 amide bonds. The smallest absolute Gasteiger partial charge is 0.127 e.